The summed E-state index contributed by atoms with van der Waals surface area (Å²) in [6.45, 7) is 5.27. The SMILES string of the molecule is CC(CCC(=O)O)NC(=O)c1ccc(S(=O)(=O)N(C)C(C)C)cc1. The molecule has 2 N–H and O–H groups in total. The van der Waals surface area contributed by atoms with Gasteiger partial charge >= 0.3 is 5.97 Å². The number of nitrogens with one attached hydrogen (secondary N) is 1. The second-order valence-corrected chi connectivity index (χ2v) is 7.94. The van der Waals surface area contributed by atoms with Crippen LogP contribution >= 0.6 is 0 Å². The van der Waals surface area contributed by atoms with Crippen molar-refractivity contribution in [2.45, 2.75) is 50.6 Å². The van der Waals surface area contributed by atoms with Gasteiger partial charge in [0.15, 0.2) is 0 Å². The molecule has 1 atom stereocenters. The molecule has 1 rings (SSSR count). The number of carboxylic acid groups (broad SMARTS) is 1. The van der Waals surface area contributed by atoms with Crippen LogP contribution in [0.5, 0.6) is 0 Å². The summed E-state index contributed by atoms with van der Waals surface area (Å²) in [5.41, 5.74) is 0.323. The van der Waals surface area contributed by atoms with Crippen LogP contribution in [0.4, 0.5) is 0 Å². The fraction of sp³-hybridized carbons (Fsp3) is 0.500. The minimum Gasteiger partial charge on any atom is -0.481 e. The van der Waals surface area contributed by atoms with Gasteiger partial charge in [-0.15, -0.1) is 0 Å². The first-order chi connectivity index (χ1) is 11.1. The van der Waals surface area contributed by atoms with Crippen LogP contribution in [-0.4, -0.2) is 48.8 Å². The van der Waals surface area contributed by atoms with Gasteiger partial charge in [0.25, 0.3) is 5.91 Å². The molecule has 1 aromatic carbocycles. The Kier molecular flexibility index (Phi) is 6.92. The number of hydrogen-bond acceptors (Lipinski definition) is 4. The van der Waals surface area contributed by atoms with Gasteiger partial charge in [0.1, 0.15) is 0 Å². The number of benzene rings is 1. The first-order valence-corrected chi connectivity index (χ1v) is 9.10. The average molecular weight is 356 g/mol. The van der Waals surface area contributed by atoms with Crippen molar-refractivity contribution in [2.24, 2.45) is 0 Å². The Morgan fingerprint density at radius 2 is 1.71 bits per heavy atom. The molecule has 0 saturated heterocycles. The second kappa shape index (κ2) is 8.25. The van der Waals surface area contributed by atoms with Crippen molar-refractivity contribution in [1.82, 2.24) is 9.62 Å². The Morgan fingerprint density at radius 1 is 1.17 bits per heavy atom. The molecule has 7 nitrogen and oxygen atoms in total. The Morgan fingerprint density at radius 3 is 2.17 bits per heavy atom. The molecule has 134 valence electrons. The van der Waals surface area contributed by atoms with Gasteiger partial charge in [-0.3, -0.25) is 9.59 Å². The summed E-state index contributed by atoms with van der Waals surface area (Å²) < 4.78 is 26.0. The Hall–Kier alpha value is -1.93. The normalized spacial score (nSPS) is 13.1. The molecule has 1 amide bonds. The number of amides is 1. The Labute approximate surface area is 142 Å². The van der Waals surface area contributed by atoms with E-state index >= 15 is 0 Å². The van der Waals surface area contributed by atoms with Gasteiger partial charge < -0.3 is 10.4 Å². The van der Waals surface area contributed by atoms with E-state index in [1.54, 1.807) is 20.8 Å². The van der Waals surface area contributed by atoms with E-state index in [2.05, 4.69) is 5.32 Å². The first kappa shape index (κ1) is 20.1. The minimum absolute atomic E-state index is 0.0276. The largest absolute Gasteiger partial charge is 0.481 e. The molecule has 0 aromatic heterocycles. The summed E-state index contributed by atoms with van der Waals surface area (Å²) in [6, 6.07) is 5.22. The van der Waals surface area contributed by atoms with Gasteiger partial charge in [0, 0.05) is 31.1 Å². The number of carbonyl (C=O) groups excluding carboxylic acids is 1. The van der Waals surface area contributed by atoms with E-state index < -0.39 is 16.0 Å². The van der Waals surface area contributed by atoms with Crippen LogP contribution < -0.4 is 5.32 Å². The highest BCUT2D eigenvalue weighted by Gasteiger charge is 2.23. The number of carbonyl (C=O) groups is 2. The van der Waals surface area contributed by atoms with E-state index in [9.17, 15) is 18.0 Å². The van der Waals surface area contributed by atoms with Gasteiger partial charge in [0.2, 0.25) is 10.0 Å². The van der Waals surface area contributed by atoms with Gasteiger partial charge in [-0.1, -0.05) is 0 Å². The highest BCUT2D eigenvalue weighted by Crippen LogP contribution is 2.17. The van der Waals surface area contributed by atoms with Crippen LogP contribution in [0.25, 0.3) is 0 Å². The molecular formula is C16H24N2O5S. The van der Waals surface area contributed by atoms with Crippen molar-refractivity contribution in [2.75, 3.05) is 7.05 Å². The molecule has 0 fully saturated rings. The molecule has 0 aliphatic rings. The Bertz CT molecular complexity index is 683. The fourth-order valence-electron chi connectivity index (χ4n) is 1.94. The monoisotopic (exact) mass is 356 g/mol. The van der Waals surface area contributed by atoms with E-state index in [1.807, 2.05) is 0 Å². The van der Waals surface area contributed by atoms with Crippen LogP contribution in [-0.2, 0) is 14.8 Å². The van der Waals surface area contributed by atoms with E-state index in [-0.39, 0.29) is 29.3 Å². The standard InChI is InChI=1S/C16H24N2O5S/c1-11(2)18(4)24(22,23)14-8-6-13(7-9-14)16(21)17-12(3)5-10-15(19)20/h6-9,11-12H,5,10H2,1-4H3,(H,17,21)(H,19,20). The number of nitrogens with zero attached hydrogens (tertiary/aromatic N) is 1. The van der Waals surface area contributed by atoms with Gasteiger partial charge in [0.05, 0.1) is 4.90 Å². The predicted octanol–water partition coefficient (Wildman–Crippen LogP) is 1.70. The van der Waals surface area contributed by atoms with E-state index in [0.717, 1.165) is 0 Å². The lowest BCUT2D eigenvalue weighted by atomic mass is 10.1. The number of sulfonamides is 1. The summed E-state index contributed by atoms with van der Waals surface area (Å²) in [5, 5.41) is 11.3. The second-order valence-electron chi connectivity index (χ2n) is 5.95. The molecule has 8 heteroatoms. The van der Waals surface area contributed by atoms with Crippen molar-refractivity contribution in [3.8, 4) is 0 Å². The molecular weight excluding hydrogens is 332 g/mol. The van der Waals surface area contributed by atoms with E-state index in [1.165, 1.54) is 35.6 Å². The Balaban J connectivity index is 2.80. The molecule has 1 unspecified atom stereocenters. The van der Waals surface area contributed by atoms with Crippen molar-refractivity contribution in [3.05, 3.63) is 29.8 Å². The van der Waals surface area contributed by atoms with Crippen LogP contribution in [0.15, 0.2) is 29.2 Å². The third-order valence-corrected chi connectivity index (χ3v) is 5.74. The van der Waals surface area contributed by atoms with Crippen molar-refractivity contribution in [3.63, 3.8) is 0 Å². The maximum Gasteiger partial charge on any atom is 0.303 e. The predicted molar refractivity (Wildman–Crippen MR) is 90.3 cm³/mol. The smallest absolute Gasteiger partial charge is 0.303 e. The summed E-state index contributed by atoms with van der Waals surface area (Å²) in [5.74, 6) is -1.28. The maximum absolute atomic E-state index is 12.4. The van der Waals surface area contributed by atoms with Crippen LogP contribution in [0, 0.1) is 0 Å². The number of carboxylic acids is 1. The van der Waals surface area contributed by atoms with Gasteiger partial charge in [-0.05, 0) is 51.5 Å². The number of aliphatic carboxylic acids is 1. The molecule has 0 aliphatic carbocycles. The van der Waals surface area contributed by atoms with Crippen LogP contribution in [0.3, 0.4) is 0 Å². The maximum atomic E-state index is 12.4. The van der Waals surface area contributed by atoms with Crippen molar-refractivity contribution >= 4 is 21.9 Å². The van der Waals surface area contributed by atoms with Crippen LogP contribution in [0.1, 0.15) is 44.0 Å². The zero-order chi connectivity index (χ0) is 18.5. The van der Waals surface area contributed by atoms with Gasteiger partial charge in [-0.2, -0.15) is 4.31 Å². The summed E-state index contributed by atoms with van der Waals surface area (Å²) in [4.78, 5) is 22.7. The zero-order valence-electron chi connectivity index (χ0n) is 14.3. The van der Waals surface area contributed by atoms with Gasteiger partial charge in [-0.25, -0.2) is 8.42 Å². The lowest BCUT2D eigenvalue weighted by Gasteiger charge is -2.21. The minimum atomic E-state index is -3.59. The molecule has 0 saturated carbocycles. The summed E-state index contributed by atoms with van der Waals surface area (Å²) in [6.07, 6.45) is 0.298. The van der Waals surface area contributed by atoms with E-state index in [4.69, 9.17) is 5.11 Å². The van der Waals surface area contributed by atoms with Crippen LogP contribution in [0.2, 0.25) is 0 Å². The first-order valence-electron chi connectivity index (χ1n) is 7.66. The lowest BCUT2D eigenvalue weighted by Crippen LogP contribution is -2.34. The lowest BCUT2D eigenvalue weighted by molar-refractivity contribution is -0.137. The molecule has 0 bridgehead atoms. The van der Waals surface area contributed by atoms with Crippen molar-refractivity contribution in [1.29, 1.82) is 0 Å². The molecule has 0 heterocycles. The molecule has 0 spiro atoms. The molecule has 24 heavy (non-hydrogen) atoms. The summed E-state index contributed by atoms with van der Waals surface area (Å²) in [7, 11) is -2.08. The summed E-state index contributed by atoms with van der Waals surface area (Å²) >= 11 is 0. The van der Waals surface area contributed by atoms with E-state index in [0.29, 0.717) is 12.0 Å². The third-order valence-electron chi connectivity index (χ3n) is 3.69. The topological polar surface area (TPSA) is 104 Å². The third kappa shape index (κ3) is 5.31. The number of rotatable bonds is 8. The zero-order valence-corrected chi connectivity index (χ0v) is 15.1. The van der Waals surface area contributed by atoms with Crippen molar-refractivity contribution < 1.29 is 23.1 Å². The molecule has 0 radical (unpaired) electrons. The molecule has 1 aromatic rings. The highest BCUT2D eigenvalue weighted by molar-refractivity contribution is 7.89. The molecule has 0 aliphatic heterocycles. The highest BCUT2D eigenvalue weighted by atomic mass is 32.2. The number of hydrogen-bond donors (Lipinski definition) is 2. The quantitative estimate of drug-likeness (QED) is 0.738. The fourth-order valence-corrected chi connectivity index (χ4v) is 3.31. The average Bonchev–Trinajstić information content (AvgIpc) is 2.52.